The fraction of sp³-hybridized carbons (Fsp3) is 0.455. The molecule has 0 aromatic carbocycles. The van der Waals surface area contributed by atoms with Crippen LogP contribution in [0.5, 0.6) is 0 Å². The third kappa shape index (κ3) is 24.3. The highest BCUT2D eigenvalue weighted by molar-refractivity contribution is 5.96. The number of amides is 2. The van der Waals surface area contributed by atoms with E-state index >= 15 is 0 Å². The minimum atomic E-state index is -1.31. The van der Waals surface area contributed by atoms with Crippen LogP contribution in [0, 0.1) is 0 Å². The third-order valence-corrected chi connectivity index (χ3v) is 5.50. The van der Waals surface area contributed by atoms with Crippen LogP contribution in [0.4, 0.5) is 0 Å². The van der Waals surface area contributed by atoms with E-state index in [9.17, 15) is 19.2 Å². The van der Waals surface area contributed by atoms with Crippen molar-refractivity contribution in [3.8, 4) is 0 Å². The maximum atomic E-state index is 12.4. The van der Waals surface area contributed by atoms with Crippen molar-refractivity contribution in [3.05, 3.63) is 85.1 Å². The number of ether oxygens (including phenoxy) is 2. The lowest BCUT2D eigenvalue weighted by atomic mass is 10.2. The van der Waals surface area contributed by atoms with Crippen molar-refractivity contribution in [2.45, 2.75) is 70.4 Å². The van der Waals surface area contributed by atoms with Crippen molar-refractivity contribution in [1.29, 1.82) is 0 Å². The summed E-state index contributed by atoms with van der Waals surface area (Å²) in [6.45, 7) is 0.595. The molecule has 0 aliphatic heterocycles. The summed E-state index contributed by atoms with van der Waals surface area (Å²) in [5.74, 6) is -2.88. The fourth-order valence-corrected chi connectivity index (χ4v) is 3.16. The molecule has 0 fully saturated rings. The Morgan fingerprint density at radius 1 is 0.721 bits per heavy atom. The van der Waals surface area contributed by atoms with Gasteiger partial charge < -0.3 is 30.3 Å². The molecule has 0 saturated heterocycles. The third-order valence-electron chi connectivity index (χ3n) is 5.50. The average molecular weight is 601 g/mol. The van der Waals surface area contributed by atoms with Crippen molar-refractivity contribution in [2.24, 2.45) is 0 Å². The van der Waals surface area contributed by atoms with E-state index in [-0.39, 0.29) is 18.9 Å². The van der Waals surface area contributed by atoms with Gasteiger partial charge in [-0.15, -0.1) is 0 Å². The van der Waals surface area contributed by atoms with Gasteiger partial charge >= 0.3 is 11.9 Å². The molecule has 0 aromatic heterocycles. The Kier molecular flexibility index (Phi) is 25.5. The highest BCUT2D eigenvalue weighted by atomic mass is 16.6. The topological polar surface area (TPSA) is 151 Å². The van der Waals surface area contributed by atoms with Crippen LogP contribution in [0.25, 0.3) is 0 Å². The van der Waals surface area contributed by atoms with Gasteiger partial charge in [-0.25, -0.2) is 9.59 Å². The van der Waals surface area contributed by atoms with Gasteiger partial charge in [-0.1, -0.05) is 79.8 Å². The number of allylic oxidation sites excluding steroid dienone is 12. The SMILES string of the molecule is CCC=CCC=CCC=CCC=CCC=CCC=CCCC(=O)NCC(NC(=O)C=CC(=O)OC)C(=O)OC(CO)CO. The number of esters is 2. The van der Waals surface area contributed by atoms with Gasteiger partial charge in [0.05, 0.1) is 20.3 Å². The van der Waals surface area contributed by atoms with Crippen LogP contribution in [0.3, 0.4) is 0 Å². The Morgan fingerprint density at radius 2 is 1.21 bits per heavy atom. The largest absolute Gasteiger partial charge is 0.466 e. The molecule has 1 unspecified atom stereocenters. The molecule has 238 valence electrons. The quantitative estimate of drug-likeness (QED) is 0.0788. The molecule has 0 saturated carbocycles. The molecule has 0 aliphatic carbocycles. The zero-order valence-electron chi connectivity index (χ0n) is 25.4. The molecule has 4 N–H and O–H groups in total. The maximum absolute atomic E-state index is 12.4. The van der Waals surface area contributed by atoms with E-state index in [1.165, 1.54) is 0 Å². The highest BCUT2D eigenvalue weighted by Gasteiger charge is 2.25. The number of aliphatic hydroxyl groups is 2. The molecule has 10 heteroatoms. The predicted octanol–water partition coefficient (Wildman–Crippen LogP) is 3.69. The first-order chi connectivity index (χ1) is 20.9. The van der Waals surface area contributed by atoms with Crippen molar-refractivity contribution >= 4 is 23.8 Å². The Labute approximate surface area is 255 Å². The lowest BCUT2D eigenvalue weighted by Gasteiger charge is -2.20. The number of methoxy groups -OCH3 is 1. The molecular weight excluding hydrogens is 552 g/mol. The molecular formula is C33H48N2O8. The van der Waals surface area contributed by atoms with Crippen molar-refractivity contribution in [1.82, 2.24) is 10.6 Å². The first-order valence-corrected chi connectivity index (χ1v) is 14.5. The van der Waals surface area contributed by atoms with Crippen molar-refractivity contribution in [3.63, 3.8) is 0 Å². The summed E-state index contributed by atoms with van der Waals surface area (Å²) in [5, 5.41) is 23.1. The normalized spacial score (nSPS) is 13.0. The average Bonchev–Trinajstić information content (AvgIpc) is 3.01. The molecule has 0 bridgehead atoms. The highest BCUT2D eigenvalue weighted by Crippen LogP contribution is 2.00. The summed E-state index contributed by atoms with van der Waals surface area (Å²) in [6.07, 6.45) is 31.9. The summed E-state index contributed by atoms with van der Waals surface area (Å²) in [7, 11) is 1.14. The minimum Gasteiger partial charge on any atom is -0.466 e. The Bertz CT molecular complexity index is 1000. The Balaban J connectivity index is 4.36. The molecule has 0 aromatic rings. The lowest BCUT2D eigenvalue weighted by molar-refractivity contribution is -0.156. The monoisotopic (exact) mass is 600 g/mol. The van der Waals surface area contributed by atoms with Crippen LogP contribution >= 0.6 is 0 Å². The number of hydrogen-bond acceptors (Lipinski definition) is 8. The molecule has 0 radical (unpaired) electrons. The Morgan fingerprint density at radius 3 is 1.67 bits per heavy atom. The summed E-state index contributed by atoms with van der Waals surface area (Å²) in [5.41, 5.74) is 0. The van der Waals surface area contributed by atoms with Gasteiger partial charge in [-0.3, -0.25) is 9.59 Å². The summed E-state index contributed by atoms with van der Waals surface area (Å²) < 4.78 is 9.35. The fourth-order valence-electron chi connectivity index (χ4n) is 3.16. The zero-order chi connectivity index (χ0) is 32.0. The van der Waals surface area contributed by atoms with E-state index < -0.39 is 43.2 Å². The summed E-state index contributed by atoms with van der Waals surface area (Å²) in [4.78, 5) is 47.9. The first-order valence-electron chi connectivity index (χ1n) is 14.5. The zero-order valence-corrected chi connectivity index (χ0v) is 25.4. The minimum absolute atomic E-state index is 0.163. The summed E-state index contributed by atoms with van der Waals surface area (Å²) in [6, 6.07) is -1.31. The molecule has 2 amide bonds. The van der Waals surface area contributed by atoms with Crippen LogP contribution in [0.15, 0.2) is 85.1 Å². The van der Waals surface area contributed by atoms with Gasteiger partial charge in [-0.05, 0) is 44.9 Å². The molecule has 0 aliphatic rings. The van der Waals surface area contributed by atoms with Crippen LogP contribution < -0.4 is 10.6 Å². The van der Waals surface area contributed by atoms with Crippen LogP contribution in [-0.4, -0.2) is 73.0 Å². The van der Waals surface area contributed by atoms with E-state index in [1.54, 1.807) is 0 Å². The molecule has 0 rings (SSSR count). The van der Waals surface area contributed by atoms with Gasteiger partial charge in [0.2, 0.25) is 11.8 Å². The van der Waals surface area contributed by atoms with E-state index in [0.29, 0.717) is 6.42 Å². The van der Waals surface area contributed by atoms with Crippen molar-refractivity contribution < 1.29 is 38.9 Å². The second-order valence-electron chi connectivity index (χ2n) is 9.10. The van der Waals surface area contributed by atoms with Crippen LogP contribution in [0.2, 0.25) is 0 Å². The lowest BCUT2D eigenvalue weighted by Crippen LogP contribution is -2.50. The van der Waals surface area contributed by atoms with Crippen LogP contribution in [0.1, 0.15) is 58.3 Å². The van der Waals surface area contributed by atoms with E-state index in [0.717, 1.165) is 57.8 Å². The number of nitrogens with one attached hydrogen (secondary N) is 2. The second kappa shape index (κ2) is 28.1. The molecule has 0 heterocycles. The van der Waals surface area contributed by atoms with Gasteiger partial charge in [-0.2, -0.15) is 0 Å². The van der Waals surface area contributed by atoms with E-state index in [2.05, 4.69) is 77.0 Å². The van der Waals surface area contributed by atoms with E-state index in [4.69, 9.17) is 14.9 Å². The maximum Gasteiger partial charge on any atom is 0.330 e. The number of hydrogen-bond donors (Lipinski definition) is 4. The summed E-state index contributed by atoms with van der Waals surface area (Å²) >= 11 is 0. The van der Waals surface area contributed by atoms with Gasteiger partial charge in [0, 0.05) is 25.1 Å². The molecule has 1 atom stereocenters. The first kappa shape index (κ1) is 39.0. The molecule has 43 heavy (non-hydrogen) atoms. The number of carbonyl (C=O) groups excluding carboxylic acids is 4. The Hall–Kier alpha value is -4.02. The predicted molar refractivity (Wildman–Crippen MR) is 168 cm³/mol. The van der Waals surface area contributed by atoms with Gasteiger partial charge in [0.25, 0.3) is 0 Å². The molecule has 0 spiro atoms. The molecule has 10 nitrogen and oxygen atoms in total. The number of aliphatic hydroxyl groups excluding tert-OH is 2. The van der Waals surface area contributed by atoms with Gasteiger partial charge in [0.15, 0.2) is 0 Å². The second-order valence-corrected chi connectivity index (χ2v) is 9.10. The van der Waals surface area contributed by atoms with Crippen molar-refractivity contribution in [2.75, 3.05) is 26.9 Å². The van der Waals surface area contributed by atoms with Crippen LogP contribution in [-0.2, 0) is 28.7 Å². The number of carbonyl (C=O) groups is 4. The standard InChI is InChI=1S/C33H48N2O8/c1-3-4-5-6-7-8-9-10-11-12-13-14-15-16-17-18-19-20-21-22-30(38)34-25-29(33(41)43-28(26-36)27-37)35-31(39)23-24-32(40)42-2/h4-5,7-8,10-11,13-14,16-17,19-20,23-24,28-29,36-37H,3,6,9,12,15,18,21-22,25-27H2,1-2H3,(H,34,38)(H,35,39). The smallest absolute Gasteiger partial charge is 0.330 e. The van der Waals surface area contributed by atoms with E-state index in [1.807, 2.05) is 18.2 Å². The van der Waals surface area contributed by atoms with Gasteiger partial charge in [0.1, 0.15) is 12.1 Å². The number of rotatable bonds is 23.